The second-order valence-electron chi connectivity index (χ2n) is 4.21. The number of fused-ring (bicyclic) bond motifs is 2. The van der Waals surface area contributed by atoms with Gasteiger partial charge in [0, 0.05) is 29.3 Å². The predicted molar refractivity (Wildman–Crippen MR) is 65.6 cm³/mol. The van der Waals surface area contributed by atoms with Gasteiger partial charge in [-0.3, -0.25) is 9.69 Å². The van der Waals surface area contributed by atoms with Crippen LogP contribution in [0.5, 0.6) is 0 Å². The number of amides is 1. The third kappa shape index (κ3) is 2.08. The number of morpholine rings is 1. The molecule has 6 heteroatoms. The number of halogens is 1. The van der Waals surface area contributed by atoms with Gasteiger partial charge in [-0.2, -0.15) is 0 Å². The smallest absolute Gasteiger partial charge is 0.245 e. The molecule has 2 aliphatic heterocycles. The average Bonchev–Trinajstić information content (AvgIpc) is 2.46. The minimum absolute atomic E-state index is 0.0294. The zero-order chi connectivity index (χ0) is 11.8. The van der Waals surface area contributed by atoms with Crippen molar-refractivity contribution in [3.63, 3.8) is 0 Å². The highest BCUT2D eigenvalue weighted by Gasteiger charge is 2.33. The monoisotopic (exact) mass is 297 g/mol. The molecule has 0 aromatic carbocycles. The van der Waals surface area contributed by atoms with Crippen molar-refractivity contribution in [2.45, 2.75) is 12.6 Å². The number of carbonyl (C=O) groups is 1. The number of aromatic nitrogens is 1. The van der Waals surface area contributed by atoms with Crippen LogP contribution in [0.15, 0.2) is 16.7 Å². The van der Waals surface area contributed by atoms with Gasteiger partial charge in [-0.15, -0.1) is 0 Å². The summed E-state index contributed by atoms with van der Waals surface area (Å²) in [5, 5.41) is 2.86. The molecule has 3 heterocycles. The van der Waals surface area contributed by atoms with E-state index in [9.17, 15) is 4.79 Å². The van der Waals surface area contributed by atoms with Crippen LogP contribution in [0, 0.1) is 0 Å². The van der Waals surface area contributed by atoms with Crippen molar-refractivity contribution in [1.82, 2.24) is 9.88 Å². The molecule has 0 radical (unpaired) electrons. The molecule has 1 unspecified atom stereocenters. The summed E-state index contributed by atoms with van der Waals surface area (Å²) in [7, 11) is 0. The van der Waals surface area contributed by atoms with E-state index in [1.54, 1.807) is 6.20 Å². The summed E-state index contributed by atoms with van der Waals surface area (Å²) in [6, 6.07) is 1.80. The Morgan fingerprint density at radius 2 is 2.47 bits per heavy atom. The van der Waals surface area contributed by atoms with E-state index in [4.69, 9.17) is 4.74 Å². The van der Waals surface area contributed by atoms with Crippen LogP contribution < -0.4 is 5.32 Å². The molecule has 1 aromatic heterocycles. The summed E-state index contributed by atoms with van der Waals surface area (Å²) >= 11 is 3.40. The fourth-order valence-corrected chi connectivity index (χ4v) is 2.58. The highest BCUT2D eigenvalue weighted by Crippen LogP contribution is 2.25. The van der Waals surface area contributed by atoms with E-state index in [1.807, 2.05) is 6.07 Å². The third-order valence-electron chi connectivity index (χ3n) is 3.09. The van der Waals surface area contributed by atoms with E-state index in [-0.39, 0.29) is 11.9 Å². The topological polar surface area (TPSA) is 54.5 Å². The van der Waals surface area contributed by atoms with Crippen molar-refractivity contribution in [2.75, 3.05) is 25.1 Å². The van der Waals surface area contributed by atoms with E-state index in [0.717, 1.165) is 23.1 Å². The molecule has 5 nitrogen and oxygen atoms in total. The van der Waals surface area contributed by atoms with Crippen LogP contribution in [0.3, 0.4) is 0 Å². The molecule has 0 bridgehead atoms. The first-order chi connectivity index (χ1) is 8.24. The highest BCUT2D eigenvalue weighted by atomic mass is 79.9. The molecule has 1 amide bonds. The summed E-state index contributed by atoms with van der Waals surface area (Å²) in [4.78, 5) is 18.4. The number of hydrogen-bond donors (Lipinski definition) is 1. The second kappa shape index (κ2) is 4.36. The van der Waals surface area contributed by atoms with Crippen molar-refractivity contribution in [3.8, 4) is 0 Å². The third-order valence-corrected chi connectivity index (χ3v) is 3.52. The highest BCUT2D eigenvalue weighted by molar-refractivity contribution is 9.10. The maximum atomic E-state index is 12.0. The summed E-state index contributed by atoms with van der Waals surface area (Å²) in [6.45, 7) is 2.65. The maximum absolute atomic E-state index is 12.0. The van der Waals surface area contributed by atoms with Gasteiger partial charge in [0.2, 0.25) is 5.91 Å². The molecular formula is C11H12BrN3O2. The van der Waals surface area contributed by atoms with E-state index in [1.165, 1.54) is 0 Å². The standard InChI is InChI=1S/C11H12BrN3O2/c12-8-3-7-5-15-1-2-17-6-9(15)11(16)14-10(7)13-4-8/h3-4,9H,1-2,5-6H2,(H,13,14,16). The first kappa shape index (κ1) is 11.1. The van der Waals surface area contributed by atoms with Crippen molar-refractivity contribution in [3.05, 3.63) is 22.3 Å². The van der Waals surface area contributed by atoms with Gasteiger partial charge in [0.15, 0.2) is 0 Å². The fourth-order valence-electron chi connectivity index (χ4n) is 2.20. The van der Waals surface area contributed by atoms with Gasteiger partial charge in [-0.25, -0.2) is 4.98 Å². The predicted octanol–water partition coefficient (Wildman–Crippen LogP) is 0.997. The van der Waals surface area contributed by atoms with Crippen LogP contribution in [0.4, 0.5) is 5.82 Å². The van der Waals surface area contributed by atoms with Gasteiger partial charge in [0.25, 0.3) is 0 Å². The van der Waals surface area contributed by atoms with Crippen LogP contribution >= 0.6 is 15.9 Å². The molecule has 17 heavy (non-hydrogen) atoms. The van der Waals surface area contributed by atoms with Crippen LogP contribution in [-0.4, -0.2) is 41.6 Å². The average molecular weight is 298 g/mol. The van der Waals surface area contributed by atoms with Crippen LogP contribution in [-0.2, 0) is 16.1 Å². The SMILES string of the molecule is O=C1Nc2ncc(Br)cc2CN2CCOCC12. The van der Waals surface area contributed by atoms with Crippen molar-refractivity contribution < 1.29 is 9.53 Å². The molecule has 1 saturated heterocycles. The van der Waals surface area contributed by atoms with Gasteiger partial charge < -0.3 is 10.1 Å². The van der Waals surface area contributed by atoms with Gasteiger partial charge >= 0.3 is 0 Å². The van der Waals surface area contributed by atoms with Crippen molar-refractivity contribution in [1.29, 1.82) is 0 Å². The second-order valence-corrected chi connectivity index (χ2v) is 5.13. The zero-order valence-corrected chi connectivity index (χ0v) is 10.7. The molecule has 2 aliphatic rings. The number of pyridine rings is 1. The Bertz CT molecular complexity index is 466. The number of hydrogen-bond acceptors (Lipinski definition) is 4. The van der Waals surface area contributed by atoms with Crippen LogP contribution in [0.1, 0.15) is 5.56 Å². The summed E-state index contributed by atoms with van der Waals surface area (Å²) in [5.41, 5.74) is 1.04. The number of rotatable bonds is 0. The Labute approximate surface area is 107 Å². The van der Waals surface area contributed by atoms with Crippen molar-refractivity contribution >= 4 is 27.7 Å². The Morgan fingerprint density at radius 3 is 3.35 bits per heavy atom. The lowest BCUT2D eigenvalue weighted by molar-refractivity contribution is -0.127. The number of carbonyl (C=O) groups excluding carboxylic acids is 1. The first-order valence-corrected chi connectivity index (χ1v) is 6.30. The molecule has 0 aliphatic carbocycles. The number of ether oxygens (including phenoxy) is 1. The normalized spacial score (nSPS) is 24.5. The Hall–Kier alpha value is -0.980. The summed E-state index contributed by atoms with van der Waals surface area (Å²) in [5.74, 6) is 0.630. The minimum Gasteiger partial charge on any atom is -0.378 e. The molecule has 0 saturated carbocycles. The van der Waals surface area contributed by atoms with Crippen molar-refractivity contribution in [2.24, 2.45) is 0 Å². The molecule has 0 spiro atoms. The lowest BCUT2D eigenvalue weighted by Gasteiger charge is -2.32. The molecular weight excluding hydrogens is 286 g/mol. The van der Waals surface area contributed by atoms with Crippen LogP contribution in [0.2, 0.25) is 0 Å². The largest absolute Gasteiger partial charge is 0.378 e. The molecule has 3 rings (SSSR count). The minimum atomic E-state index is -0.197. The molecule has 90 valence electrons. The van der Waals surface area contributed by atoms with E-state index in [2.05, 4.69) is 31.1 Å². The summed E-state index contributed by atoms with van der Waals surface area (Å²) in [6.07, 6.45) is 1.69. The van der Waals surface area contributed by atoms with Gasteiger partial charge in [0.05, 0.1) is 13.2 Å². The number of nitrogens with zero attached hydrogens (tertiary/aromatic N) is 2. The molecule has 1 N–H and O–H groups in total. The molecule has 1 aromatic rings. The lowest BCUT2D eigenvalue weighted by Crippen LogP contribution is -2.49. The number of anilines is 1. The Morgan fingerprint density at radius 1 is 1.59 bits per heavy atom. The van der Waals surface area contributed by atoms with Gasteiger partial charge in [-0.05, 0) is 22.0 Å². The fraction of sp³-hybridized carbons (Fsp3) is 0.455. The lowest BCUT2D eigenvalue weighted by atomic mass is 10.2. The Kier molecular flexibility index (Phi) is 2.85. The van der Waals surface area contributed by atoms with Gasteiger partial charge in [-0.1, -0.05) is 0 Å². The van der Waals surface area contributed by atoms with E-state index in [0.29, 0.717) is 19.0 Å². The first-order valence-electron chi connectivity index (χ1n) is 5.51. The molecule has 1 atom stereocenters. The quantitative estimate of drug-likeness (QED) is 0.776. The Balaban J connectivity index is 1.98. The maximum Gasteiger partial charge on any atom is 0.245 e. The molecule has 1 fully saturated rings. The van der Waals surface area contributed by atoms with Crippen LogP contribution in [0.25, 0.3) is 0 Å². The number of nitrogens with one attached hydrogen (secondary N) is 1. The zero-order valence-electron chi connectivity index (χ0n) is 9.15. The summed E-state index contributed by atoms with van der Waals surface area (Å²) < 4.78 is 6.28. The van der Waals surface area contributed by atoms with Gasteiger partial charge in [0.1, 0.15) is 11.9 Å². The van der Waals surface area contributed by atoms with E-state index < -0.39 is 0 Å². The van der Waals surface area contributed by atoms with E-state index >= 15 is 0 Å².